The molecule has 16 heteroatoms. The highest BCUT2D eigenvalue weighted by molar-refractivity contribution is 7.88. The molecule has 54 heavy (non-hydrogen) atoms. The number of sulfonamides is 2. The molecule has 2 saturated carbocycles. The lowest BCUT2D eigenvalue weighted by atomic mass is 9.69. The maximum atomic E-state index is 14.5. The topological polar surface area (TPSA) is 168 Å². The van der Waals surface area contributed by atoms with Crippen molar-refractivity contribution < 1.29 is 45.5 Å². The molecule has 2 atom stereocenters. The van der Waals surface area contributed by atoms with Crippen molar-refractivity contribution in [3.05, 3.63) is 58.7 Å². The zero-order valence-corrected chi connectivity index (χ0v) is 32.8. The molecule has 0 aromatic heterocycles. The van der Waals surface area contributed by atoms with E-state index < -0.39 is 93.3 Å². The Bertz CT molecular complexity index is 1960. The Morgan fingerprint density at radius 2 is 0.907 bits per heavy atom. The molecule has 0 radical (unpaired) electrons. The van der Waals surface area contributed by atoms with E-state index >= 15 is 0 Å². The summed E-state index contributed by atoms with van der Waals surface area (Å²) in [5.41, 5.74) is 2.57. The van der Waals surface area contributed by atoms with Gasteiger partial charge in [0.2, 0.25) is 31.9 Å². The Kier molecular flexibility index (Phi) is 9.97. The van der Waals surface area contributed by atoms with E-state index in [1.165, 1.54) is 9.80 Å². The van der Waals surface area contributed by atoms with E-state index in [4.69, 9.17) is 9.47 Å². The van der Waals surface area contributed by atoms with Gasteiger partial charge in [-0.3, -0.25) is 29.0 Å². The van der Waals surface area contributed by atoms with Gasteiger partial charge >= 0.3 is 11.9 Å². The molecule has 2 aromatic carbocycles. The lowest BCUT2D eigenvalue weighted by Gasteiger charge is -2.41. The smallest absolute Gasteiger partial charge is 0.323 e. The molecule has 2 amide bonds. The summed E-state index contributed by atoms with van der Waals surface area (Å²) in [7, 11) is -8.38. The summed E-state index contributed by atoms with van der Waals surface area (Å²) in [5, 5.41) is 0. The molecule has 7 rings (SSSR count). The number of hydrogen-bond acceptors (Lipinski definition) is 10. The molecule has 0 N–H and O–H groups in total. The number of carbonyl (C=O) groups excluding carboxylic acids is 4. The van der Waals surface area contributed by atoms with Gasteiger partial charge in [-0.25, -0.2) is 16.8 Å². The van der Waals surface area contributed by atoms with Crippen LogP contribution in [0, 0.1) is 13.8 Å². The number of hydrogen-bond donors (Lipinski definition) is 0. The number of benzene rings is 2. The van der Waals surface area contributed by atoms with E-state index in [0.29, 0.717) is 37.1 Å². The first-order valence-corrected chi connectivity index (χ1v) is 22.3. The molecule has 1 saturated heterocycles. The van der Waals surface area contributed by atoms with Crippen molar-refractivity contribution in [2.75, 3.05) is 48.5 Å². The monoisotopic (exact) mass is 784 g/mol. The maximum absolute atomic E-state index is 14.5. The number of aryl methyl sites for hydroxylation is 2. The van der Waals surface area contributed by atoms with Gasteiger partial charge < -0.3 is 9.47 Å². The van der Waals surface area contributed by atoms with Crippen LogP contribution in [-0.4, -0.2) is 100 Å². The Balaban J connectivity index is 1.36. The van der Waals surface area contributed by atoms with Crippen LogP contribution in [0.4, 0.5) is 11.4 Å². The van der Waals surface area contributed by atoms with E-state index in [2.05, 4.69) is 0 Å². The molecule has 2 unspecified atom stereocenters. The van der Waals surface area contributed by atoms with Crippen molar-refractivity contribution >= 4 is 55.2 Å². The number of anilines is 2. The van der Waals surface area contributed by atoms with Gasteiger partial charge in [0.1, 0.15) is 13.1 Å². The predicted octanol–water partition coefficient (Wildman–Crippen LogP) is 3.38. The lowest BCUT2D eigenvalue weighted by molar-refractivity contribution is -0.155. The van der Waals surface area contributed by atoms with E-state index in [0.717, 1.165) is 81.9 Å². The van der Waals surface area contributed by atoms with Crippen LogP contribution in [0.15, 0.2) is 36.4 Å². The number of fused-ring (bicyclic) bond motifs is 10. The Labute approximate surface area is 316 Å². The largest absolute Gasteiger partial charge is 0.439 e. The first kappa shape index (κ1) is 38.4. The van der Waals surface area contributed by atoms with Crippen molar-refractivity contribution in [2.24, 2.45) is 0 Å². The van der Waals surface area contributed by atoms with Crippen molar-refractivity contribution in [3.8, 4) is 0 Å². The zero-order chi connectivity index (χ0) is 38.8. The van der Waals surface area contributed by atoms with Crippen molar-refractivity contribution in [1.82, 2.24) is 8.61 Å². The van der Waals surface area contributed by atoms with Gasteiger partial charge in [-0.2, -0.15) is 8.61 Å². The van der Waals surface area contributed by atoms with Crippen molar-refractivity contribution in [2.45, 2.75) is 101 Å². The lowest BCUT2D eigenvalue weighted by Crippen LogP contribution is -2.57. The van der Waals surface area contributed by atoms with Crippen LogP contribution in [0.25, 0.3) is 0 Å². The number of esters is 2. The van der Waals surface area contributed by atoms with Crippen LogP contribution >= 0.6 is 0 Å². The number of rotatable bonds is 2. The maximum Gasteiger partial charge on any atom is 0.323 e. The highest BCUT2D eigenvalue weighted by atomic mass is 32.2. The zero-order valence-electron chi connectivity index (χ0n) is 31.2. The van der Waals surface area contributed by atoms with Crippen LogP contribution in [-0.2, 0) is 59.5 Å². The summed E-state index contributed by atoms with van der Waals surface area (Å²) in [6, 6.07) is 11.0. The molecule has 14 nitrogen and oxygen atoms in total. The quantitative estimate of drug-likeness (QED) is 0.412. The molecule has 5 aliphatic rings. The molecule has 292 valence electrons. The van der Waals surface area contributed by atoms with E-state index in [-0.39, 0.29) is 0 Å². The third-order valence-corrected chi connectivity index (χ3v) is 14.4. The SMILES string of the molecule is Cc1ccc2c(c1)C1(CCCCC1)C1OC(=O)CN(S(C)(=O)=O)CC(=O)N3c4ccc(C)cc4C4(CCCCC4)C3OC(=O)CN(S(C)(=O)=O)CC(=O)N21. The molecular weight excluding hydrogens is 737 g/mol. The highest BCUT2D eigenvalue weighted by Gasteiger charge is 2.58. The molecule has 3 heterocycles. The first-order valence-electron chi connectivity index (χ1n) is 18.6. The molecular formula is C38H48N4O10S2. The molecule has 2 spiro atoms. The average molecular weight is 785 g/mol. The van der Waals surface area contributed by atoms with Gasteiger partial charge in [0, 0.05) is 0 Å². The highest BCUT2D eigenvalue weighted by Crippen LogP contribution is 2.55. The minimum Gasteiger partial charge on any atom is -0.439 e. The Morgan fingerprint density at radius 3 is 1.24 bits per heavy atom. The second-order valence-corrected chi connectivity index (χ2v) is 19.7. The summed E-state index contributed by atoms with van der Waals surface area (Å²) in [4.78, 5) is 59.7. The fourth-order valence-electron chi connectivity index (χ4n) is 9.44. The molecule has 2 aliphatic carbocycles. The molecule has 3 fully saturated rings. The van der Waals surface area contributed by atoms with Crippen LogP contribution < -0.4 is 9.80 Å². The van der Waals surface area contributed by atoms with Crippen molar-refractivity contribution in [3.63, 3.8) is 0 Å². The van der Waals surface area contributed by atoms with Gasteiger partial charge in [-0.15, -0.1) is 0 Å². The van der Waals surface area contributed by atoms with E-state index in [1.54, 1.807) is 12.1 Å². The summed E-state index contributed by atoms with van der Waals surface area (Å²) < 4.78 is 67.1. The number of carbonyl (C=O) groups is 4. The first-order chi connectivity index (χ1) is 25.4. The predicted molar refractivity (Wildman–Crippen MR) is 199 cm³/mol. The van der Waals surface area contributed by atoms with Crippen molar-refractivity contribution in [1.29, 1.82) is 0 Å². The standard InChI is InChI=1S/C38H48N4O10S2/c1-25-11-13-29-27(19-25)37(15-7-5-8-16-37)35-41(29)31(43)21-39(53(3,47)48)24-34(46)52-36-38(17-9-6-10-18-38)28-20-26(2)12-14-30(28)42(36)32(44)22-40(54(4,49)50)23-33(45)51-35/h11-14,19-20,35-36H,5-10,15-18,21-24H2,1-4H3. The third-order valence-electron chi connectivity index (χ3n) is 12.0. The Morgan fingerprint density at radius 1 is 0.556 bits per heavy atom. The van der Waals surface area contributed by atoms with Crippen LogP contribution in [0.1, 0.15) is 86.5 Å². The van der Waals surface area contributed by atoms with Crippen LogP contribution in [0.3, 0.4) is 0 Å². The van der Waals surface area contributed by atoms with Gasteiger partial charge in [-0.05, 0) is 62.8 Å². The number of amides is 2. The summed E-state index contributed by atoms with van der Waals surface area (Å²) >= 11 is 0. The van der Waals surface area contributed by atoms with Gasteiger partial charge in [0.25, 0.3) is 0 Å². The summed E-state index contributed by atoms with van der Waals surface area (Å²) in [6.45, 7) is 0.633. The fraction of sp³-hybridized carbons (Fsp3) is 0.579. The van der Waals surface area contributed by atoms with Gasteiger partial charge in [0.15, 0.2) is 12.5 Å². The second-order valence-electron chi connectivity index (χ2n) is 15.7. The van der Waals surface area contributed by atoms with E-state index in [1.807, 2.05) is 38.1 Å². The summed E-state index contributed by atoms with van der Waals surface area (Å²) in [5.74, 6) is -3.40. The minimum atomic E-state index is -4.19. The van der Waals surface area contributed by atoms with E-state index in [9.17, 15) is 36.0 Å². The van der Waals surface area contributed by atoms with Gasteiger partial charge in [-0.1, -0.05) is 73.9 Å². The third kappa shape index (κ3) is 6.72. The fourth-order valence-corrected chi connectivity index (χ4v) is 10.8. The second kappa shape index (κ2) is 14.0. The molecule has 2 aromatic rings. The molecule has 3 aliphatic heterocycles. The van der Waals surface area contributed by atoms with Crippen LogP contribution in [0.5, 0.6) is 0 Å². The number of ether oxygens (including phenoxy) is 2. The van der Waals surface area contributed by atoms with Gasteiger partial charge in [0.05, 0.1) is 47.8 Å². The molecule has 0 bridgehead atoms. The Hall–Kier alpha value is -3.86. The normalized spacial score (nSPS) is 25.6. The van der Waals surface area contributed by atoms with Crippen LogP contribution in [0.2, 0.25) is 0 Å². The summed E-state index contributed by atoms with van der Waals surface area (Å²) in [6.07, 6.45) is 6.48. The average Bonchev–Trinajstić information content (AvgIpc) is 3.48. The minimum absolute atomic E-state index is 0.450. The number of nitrogens with zero attached hydrogens (tertiary/aromatic N) is 4.